The molecular weight excluding hydrogens is 355 g/mol. The van der Waals surface area contributed by atoms with Gasteiger partial charge in [0.2, 0.25) is 0 Å². The minimum absolute atomic E-state index is 0.354. The van der Waals surface area contributed by atoms with E-state index >= 15 is 0 Å². The van der Waals surface area contributed by atoms with Crippen molar-refractivity contribution in [2.45, 2.75) is 13.3 Å². The van der Waals surface area contributed by atoms with Crippen molar-refractivity contribution in [3.63, 3.8) is 0 Å². The van der Waals surface area contributed by atoms with Gasteiger partial charge < -0.3 is 9.05 Å². The van der Waals surface area contributed by atoms with Gasteiger partial charge >= 0.3 is 7.60 Å². The second-order valence-corrected chi connectivity index (χ2v) is 8.57. The lowest BCUT2D eigenvalue weighted by Gasteiger charge is -2.20. The number of benzene rings is 4. The molecule has 0 aliphatic heterocycles. The highest BCUT2D eigenvalue weighted by atomic mass is 31.2. The summed E-state index contributed by atoms with van der Waals surface area (Å²) in [4.78, 5) is 0. The van der Waals surface area contributed by atoms with E-state index in [9.17, 15) is 4.57 Å². The van der Waals surface area contributed by atoms with E-state index in [1.165, 1.54) is 0 Å². The molecule has 0 aromatic heterocycles. The molecule has 0 spiro atoms. The molecule has 0 bridgehead atoms. The maximum absolute atomic E-state index is 13.4. The number of hydrogen-bond acceptors (Lipinski definition) is 3. The van der Waals surface area contributed by atoms with Crippen LogP contribution in [0.25, 0.3) is 21.5 Å². The molecular formula is C23H21O3P. The van der Waals surface area contributed by atoms with Gasteiger partial charge in [0.05, 0.1) is 6.16 Å². The van der Waals surface area contributed by atoms with E-state index in [0.717, 1.165) is 21.5 Å². The zero-order valence-electron chi connectivity index (χ0n) is 15.2. The van der Waals surface area contributed by atoms with E-state index in [1.54, 1.807) is 0 Å². The minimum atomic E-state index is -3.32. The van der Waals surface area contributed by atoms with Crippen molar-refractivity contribution in [3.05, 3.63) is 84.9 Å². The molecule has 4 rings (SSSR count). The molecule has 0 saturated heterocycles. The molecule has 0 saturated carbocycles. The molecule has 0 N–H and O–H groups in total. The first-order valence-corrected chi connectivity index (χ1v) is 10.8. The van der Waals surface area contributed by atoms with Gasteiger partial charge in [-0.15, -0.1) is 0 Å². The third-order valence-corrected chi connectivity index (χ3v) is 6.40. The van der Waals surface area contributed by atoms with Crippen LogP contribution in [0.1, 0.15) is 13.3 Å². The Hall–Kier alpha value is -2.77. The Bertz CT molecular complexity index is 1050. The fourth-order valence-electron chi connectivity index (χ4n) is 3.15. The standard InChI is InChI=1S/C23H21O3P/c1-2-15-27(24,25-22-13-11-18-7-3-5-9-20(18)16-22)26-23-14-12-19-8-4-6-10-21(19)17-23/h3-14,16-17H,2,15H2,1H3. The van der Waals surface area contributed by atoms with E-state index in [2.05, 4.69) is 0 Å². The molecule has 4 heteroatoms. The van der Waals surface area contributed by atoms with Gasteiger partial charge in [0.15, 0.2) is 0 Å². The summed E-state index contributed by atoms with van der Waals surface area (Å²) in [6.07, 6.45) is 1.06. The molecule has 27 heavy (non-hydrogen) atoms. The van der Waals surface area contributed by atoms with Crippen LogP contribution >= 0.6 is 7.60 Å². The third kappa shape index (κ3) is 3.99. The van der Waals surface area contributed by atoms with E-state index in [4.69, 9.17) is 9.05 Å². The summed E-state index contributed by atoms with van der Waals surface area (Å²) >= 11 is 0. The maximum atomic E-state index is 13.4. The van der Waals surface area contributed by atoms with Gasteiger partial charge in [-0.1, -0.05) is 67.6 Å². The van der Waals surface area contributed by atoms with Gasteiger partial charge in [-0.2, -0.15) is 0 Å². The van der Waals surface area contributed by atoms with Crippen molar-refractivity contribution in [1.82, 2.24) is 0 Å². The number of fused-ring (bicyclic) bond motifs is 2. The highest BCUT2D eigenvalue weighted by molar-refractivity contribution is 7.54. The van der Waals surface area contributed by atoms with Crippen LogP contribution in [-0.2, 0) is 4.57 Å². The smallest absolute Gasteiger partial charge is 0.416 e. The van der Waals surface area contributed by atoms with Crippen molar-refractivity contribution >= 4 is 29.1 Å². The lowest BCUT2D eigenvalue weighted by molar-refractivity contribution is 0.385. The Morgan fingerprint density at radius 1 is 0.667 bits per heavy atom. The van der Waals surface area contributed by atoms with Gasteiger partial charge in [0.1, 0.15) is 11.5 Å². The van der Waals surface area contributed by atoms with E-state index in [0.29, 0.717) is 24.1 Å². The average molecular weight is 376 g/mol. The van der Waals surface area contributed by atoms with Crippen LogP contribution < -0.4 is 9.05 Å². The number of rotatable bonds is 6. The molecule has 0 aliphatic rings. The minimum Gasteiger partial charge on any atom is -0.416 e. The molecule has 0 unspecified atom stereocenters. The molecule has 0 aliphatic carbocycles. The highest BCUT2D eigenvalue weighted by Gasteiger charge is 2.27. The van der Waals surface area contributed by atoms with E-state index in [-0.39, 0.29) is 0 Å². The predicted octanol–water partition coefficient (Wildman–Crippen LogP) is 7.05. The Labute approximate surface area is 159 Å². The molecule has 0 radical (unpaired) electrons. The first-order valence-electron chi connectivity index (χ1n) is 9.11. The summed E-state index contributed by atoms with van der Waals surface area (Å²) in [5, 5.41) is 4.32. The lowest BCUT2D eigenvalue weighted by atomic mass is 10.1. The second-order valence-electron chi connectivity index (χ2n) is 6.54. The molecule has 136 valence electrons. The fourth-order valence-corrected chi connectivity index (χ4v) is 4.79. The first-order chi connectivity index (χ1) is 13.1. The zero-order chi connectivity index (χ0) is 18.7. The summed E-state index contributed by atoms with van der Waals surface area (Å²) in [5.74, 6) is 1.12. The van der Waals surface area contributed by atoms with Crippen LogP contribution in [0.15, 0.2) is 84.9 Å². The van der Waals surface area contributed by atoms with Gasteiger partial charge in [-0.05, 0) is 52.2 Å². The van der Waals surface area contributed by atoms with Crippen molar-refractivity contribution in [2.75, 3.05) is 6.16 Å². The van der Waals surface area contributed by atoms with Gasteiger partial charge in [-0.3, -0.25) is 0 Å². The average Bonchev–Trinajstić information content (AvgIpc) is 2.68. The van der Waals surface area contributed by atoms with Crippen LogP contribution in [0.5, 0.6) is 11.5 Å². The predicted molar refractivity (Wildman–Crippen MR) is 112 cm³/mol. The monoisotopic (exact) mass is 376 g/mol. The van der Waals surface area contributed by atoms with Crippen molar-refractivity contribution in [3.8, 4) is 11.5 Å². The molecule has 4 aromatic rings. The van der Waals surface area contributed by atoms with Crippen LogP contribution in [0, 0.1) is 0 Å². The Kier molecular flexibility index (Phi) is 4.87. The summed E-state index contributed by atoms with van der Waals surface area (Å²) in [7, 11) is -3.32. The molecule has 3 nitrogen and oxygen atoms in total. The summed E-state index contributed by atoms with van der Waals surface area (Å²) in [5.41, 5.74) is 0. The van der Waals surface area contributed by atoms with Crippen LogP contribution in [0.2, 0.25) is 0 Å². The van der Waals surface area contributed by atoms with E-state index in [1.807, 2.05) is 91.9 Å². The quantitative estimate of drug-likeness (QED) is 0.338. The maximum Gasteiger partial charge on any atom is 0.430 e. The Balaban J connectivity index is 1.63. The topological polar surface area (TPSA) is 35.5 Å². The second kappa shape index (κ2) is 7.46. The SMILES string of the molecule is CCCP(=O)(Oc1ccc2ccccc2c1)Oc1ccc2ccccc2c1. The largest absolute Gasteiger partial charge is 0.430 e. The molecule has 0 atom stereocenters. The summed E-state index contributed by atoms with van der Waals surface area (Å²) in [6, 6.07) is 27.5. The van der Waals surface area contributed by atoms with Gasteiger partial charge in [0.25, 0.3) is 0 Å². The Morgan fingerprint density at radius 2 is 1.11 bits per heavy atom. The molecule has 0 fully saturated rings. The van der Waals surface area contributed by atoms with E-state index < -0.39 is 7.60 Å². The third-order valence-electron chi connectivity index (χ3n) is 4.43. The molecule has 0 amide bonds. The summed E-state index contributed by atoms with van der Waals surface area (Å²) < 4.78 is 25.2. The van der Waals surface area contributed by atoms with Crippen LogP contribution in [0.3, 0.4) is 0 Å². The fraction of sp³-hybridized carbons (Fsp3) is 0.130. The van der Waals surface area contributed by atoms with Gasteiger partial charge in [0, 0.05) is 0 Å². The van der Waals surface area contributed by atoms with Crippen molar-refractivity contribution in [1.29, 1.82) is 0 Å². The Morgan fingerprint density at radius 3 is 1.56 bits per heavy atom. The lowest BCUT2D eigenvalue weighted by Crippen LogP contribution is -2.04. The molecule has 4 aromatic carbocycles. The number of hydrogen-bond donors (Lipinski definition) is 0. The van der Waals surface area contributed by atoms with Gasteiger partial charge in [-0.25, -0.2) is 4.57 Å². The van der Waals surface area contributed by atoms with Crippen molar-refractivity contribution < 1.29 is 13.6 Å². The van der Waals surface area contributed by atoms with Crippen LogP contribution in [0.4, 0.5) is 0 Å². The zero-order valence-corrected chi connectivity index (χ0v) is 16.1. The summed E-state index contributed by atoms with van der Waals surface area (Å²) in [6.45, 7) is 1.97. The first kappa shape index (κ1) is 17.6. The van der Waals surface area contributed by atoms with Crippen LogP contribution in [-0.4, -0.2) is 6.16 Å². The molecule has 0 heterocycles. The van der Waals surface area contributed by atoms with Crippen molar-refractivity contribution in [2.24, 2.45) is 0 Å². The normalized spacial score (nSPS) is 11.6. The highest BCUT2D eigenvalue weighted by Crippen LogP contribution is 2.49.